The molecule has 0 unspecified atom stereocenters. The molecule has 3 heteroatoms. The van der Waals surface area contributed by atoms with Crippen LogP contribution in [0.2, 0.25) is 0 Å². The van der Waals surface area contributed by atoms with Gasteiger partial charge in [-0.15, -0.1) is 0 Å². The van der Waals surface area contributed by atoms with Crippen molar-refractivity contribution in [1.29, 1.82) is 0 Å². The molecule has 120 valence electrons. The predicted octanol–water partition coefficient (Wildman–Crippen LogP) is 4.61. The fraction of sp³-hybridized carbons (Fsp3) is 0.941. The van der Waals surface area contributed by atoms with Crippen LogP contribution in [-0.2, 0) is 9.53 Å². The van der Waals surface area contributed by atoms with Crippen molar-refractivity contribution in [3.63, 3.8) is 0 Å². The monoisotopic (exact) mass is 286 g/mol. The number of ether oxygens (including phenoxy) is 1. The molecule has 2 atom stereocenters. The molecule has 3 nitrogen and oxygen atoms in total. The van der Waals surface area contributed by atoms with Crippen LogP contribution in [0.25, 0.3) is 0 Å². The standard InChI is InChI=1S/C17H34O3/c1-4-6-8-10-12-16(14-15(3)18)20-17(19)13-11-9-7-5-2/h15-16,18H,4-14H2,1-3H3/t15-,16+/m0/s1. The minimum atomic E-state index is -0.404. The minimum Gasteiger partial charge on any atom is -0.462 e. The highest BCUT2D eigenvalue weighted by atomic mass is 16.5. The van der Waals surface area contributed by atoms with Crippen LogP contribution < -0.4 is 0 Å². The summed E-state index contributed by atoms with van der Waals surface area (Å²) in [6.45, 7) is 6.10. The average Bonchev–Trinajstić information content (AvgIpc) is 2.39. The van der Waals surface area contributed by atoms with Crippen molar-refractivity contribution in [2.75, 3.05) is 0 Å². The lowest BCUT2D eigenvalue weighted by Crippen LogP contribution is -2.22. The summed E-state index contributed by atoms with van der Waals surface area (Å²) in [5.41, 5.74) is 0. The highest BCUT2D eigenvalue weighted by Crippen LogP contribution is 2.15. The molecule has 0 saturated carbocycles. The van der Waals surface area contributed by atoms with E-state index in [9.17, 15) is 9.90 Å². The summed E-state index contributed by atoms with van der Waals surface area (Å²) >= 11 is 0. The van der Waals surface area contributed by atoms with Crippen LogP contribution in [-0.4, -0.2) is 23.3 Å². The van der Waals surface area contributed by atoms with Crippen molar-refractivity contribution in [3.8, 4) is 0 Å². The lowest BCUT2D eigenvalue weighted by molar-refractivity contribution is -0.150. The molecular formula is C17H34O3. The van der Waals surface area contributed by atoms with Gasteiger partial charge in [0.25, 0.3) is 0 Å². The number of aliphatic hydroxyl groups excluding tert-OH is 1. The van der Waals surface area contributed by atoms with Gasteiger partial charge in [0.15, 0.2) is 0 Å². The molecule has 0 fully saturated rings. The average molecular weight is 286 g/mol. The highest BCUT2D eigenvalue weighted by Gasteiger charge is 2.16. The molecule has 0 amide bonds. The molecule has 0 spiro atoms. The van der Waals surface area contributed by atoms with Crippen molar-refractivity contribution in [2.45, 2.75) is 104 Å². The fourth-order valence-corrected chi connectivity index (χ4v) is 2.35. The predicted molar refractivity (Wildman–Crippen MR) is 83.7 cm³/mol. The van der Waals surface area contributed by atoms with Gasteiger partial charge in [-0.1, -0.05) is 52.4 Å². The van der Waals surface area contributed by atoms with Crippen LogP contribution in [0.1, 0.15) is 91.4 Å². The molecule has 0 aromatic carbocycles. The molecule has 0 bridgehead atoms. The summed E-state index contributed by atoms with van der Waals surface area (Å²) in [6.07, 6.45) is 10.5. The summed E-state index contributed by atoms with van der Waals surface area (Å²) in [5, 5.41) is 9.49. The van der Waals surface area contributed by atoms with E-state index < -0.39 is 6.10 Å². The summed E-state index contributed by atoms with van der Waals surface area (Å²) in [7, 11) is 0. The maximum absolute atomic E-state index is 11.8. The van der Waals surface area contributed by atoms with Crippen LogP contribution in [0.3, 0.4) is 0 Å². The first-order chi connectivity index (χ1) is 9.60. The summed E-state index contributed by atoms with van der Waals surface area (Å²) < 4.78 is 5.52. The zero-order chi connectivity index (χ0) is 15.2. The third kappa shape index (κ3) is 12.5. The molecule has 0 aliphatic carbocycles. The second-order valence-corrected chi connectivity index (χ2v) is 5.86. The Morgan fingerprint density at radius 1 is 1.00 bits per heavy atom. The van der Waals surface area contributed by atoms with Gasteiger partial charge < -0.3 is 9.84 Å². The molecule has 20 heavy (non-hydrogen) atoms. The van der Waals surface area contributed by atoms with E-state index in [0.717, 1.165) is 25.7 Å². The lowest BCUT2D eigenvalue weighted by atomic mass is 10.0. The Morgan fingerprint density at radius 2 is 1.60 bits per heavy atom. The van der Waals surface area contributed by atoms with E-state index in [1.807, 2.05) is 0 Å². The minimum absolute atomic E-state index is 0.0951. The van der Waals surface area contributed by atoms with E-state index >= 15 is 0 Å². The van der Waals surface area contributed by atoms with E-state index in [1.54, 1.807) is 6.92 Å². The first-order valence-corrected chi connectivity index (χ1v) is 8.47. The number of esters is 1. The summed E-state index contributed by atoms with van der Waals surface area (Å²) in [6, 6.07) is 0. The summed E-state index contributed by atoms with van der Waals surface area (Å²) in [5.74, 6) is -0.0951. The highest BCUT2D eigenvalue weighted by molar-refractivity contribution is 5.69. The van der Waals surface area contributed by atoms with Gasteiger partial charge >= 0.3 is 5.97 Å². The Kier molecular flexibility index (Phi) is 13.0. The SMILES string of the molecule is CCCCCCC(=O)O[C@H](CCCCCC)C[C@H](C)O. The third-order valence-corrected chi connectivity index (χ3v) is 3.52. The normalized spacial score (nSPS) is 14.0. The maximum Gasteiger partial charge on any atom is 0.306 e. The number of unbranched alkanes of at least 4 members (excludes halogenated alkanes) is 6. The van der Waals surface area contributed by atoms with Crippen molar-refractivity contribution in [1.82, 2.24) is 0 Å². The van der Waals surface area contributed by atoms with E-state index in [-0.39, 0.29) is 12.1 Å². The van der Waals surface area contributed by atoms with Crippen molar-refractivity contribution < 1.29 is 14.6 Å². The Morgan fingerprint density at radius 3 is 2.15 bits per heavy atom. The van der Waals surface area contributed by atoms with Gasteiger partial charge in [-0.25, -0.2) is 0 Å². The van der Waals surface area contributed by atoms with Crippen LogP contribution in [0.4, 0.5) is 0 Å². The van der Waals surface area contributed by atoms with Gasteiger partial charge in [-0.3, -0.25) is 4.79 Å². The maximum atomic E-state index is 11.8. The molecule has 1 N–H and O–H groups in total. The second-order valence-electron chi connectivity index (χ2n) is 5.86. The van der Waals surface area contributed by atoms with Gasteiger partial charge in [0.1, 0.15) is 6.10 Å². The molecule has 0 aliphatic heterocycles. The molecule has 0 rings (SSSR count). The van der Waals surface area contributed by atoms with E-state index in [2.05, 4.69) is 13.8 Å². The first kappa shape index (κ1) is 19.4. The van der Waals surface area contributed by atoms with E-state index in [0.29, 0.717) is 12.8 Å². The fourth-order valence-electron chi connectivity index (χ4n) is 2.35. The molecule has 0 aliphatic rings. The van der Waals surface area contributed by atoms with Gasteiger partial charge in [0.2, 0.25) is 0 Å². The van der Waals surface area contributed by atoms with Gasteiger partial charge in [0.05, 0.1) is 6.10 Å². The van der Waals surface area contributed by atoms with Gasteiger partial charge in [0, 0.05) is 12.8 Å². The van der Waals surface area contributed by atoms with Crippen LogP contribution in [0.15, 0.2) is 0 Å². The molecule has 0 saturated heterocycles. The lowest BCUT2D eigenvalue weighted by Gasteiger charge is -2.19. The third-order valence-electron chi connectivity index (χ3n) is 3.52. The Balaban J connectivity index is 3.90. The largest absolute Gasteiger partial charge is 0.462 e. The van der Waals surface area contributed by atoms with Gasteiger partial charge in [-0.2, -0.15) is 0 Å². The van der Waals surface area contributed by atoms with E-state index in [1.165, 1.54) is 32.1 Å². The van der Waals surface area contributed by atoms with Crippen LogP contribution in [0, 0.1) is 0 Å². The topological polar surface area (TPSA) is 46.5 Å². The zero-order valence-corrected chi connectivity index (χ0v) is 13.7. The van der Waals surface area contributed by atoms with Crippen molar-refractivity contribution in [3.05, 3.63) is 0 Å². The number of aliphatic hydroxyl groups is 1. The van der Waals surface area contributed by atoms with Crippen molar-refractivity contribution in [2.24, 2.45) is 0 Å². The number of carbonyl (C=O) groups excluding carboxylic acids is 1. The first-order valence-electron chi connectivity index (χ1n) is 8.47. The van der Waals surface area contributed by atoms with Gasteiger partial charge in [-0.05, 0) is 26.2 Å². The Hall–Kier alpha value is -0.570. The van der Waals surface area contributed by atoms with Crippen LogP contribution >= 0.6 is 0 Å². The number of rotatable bonds is 13. The zero-order valence-electron chi connectivity index (χ0n) is 13.7. The number of carbonyl (C=O) groups is 1. The molecule has 0 heterocycles. The quantitative estimate of drug-likeness (QED) is 0.397. The Labute approximate surface area is 125 Å². The number of hydrogen-bond acceptors (Lipinski definition) is 3. The molecule has 0 aromatic heterocycles. The second kappa shape index (κ2) is 13.4. The molecule has 0 radical (unpaired) electrons. The Bertz CT molecular complexity index is 226. The molecular weight excluding hydrogens is 252 g/mol. The van der Waals surface area contributed by atoms with E-state index in [4.69, 9.17) is 4.74 Å². The summed E-state index contributed by atoms with van der Waals surface area (Å²) in [4.78, 5) is 11.8. The smallest absolute Gasteiger partial charge is 0.306 e. The number of hydrogen-bond donors (Lipinski definition) is 1. The molecule has 0 aromatic rings. The van der Waals surface area contributed by atoms with Crippen molar-refractivity contribution >= 4 is 5.97 Å². The van der Waals surface area contributed by atoms with Crippen LogP contribution in [0.5, 0.6) is 0 Å².